The molecule has 0 aromatic heterocycles. The topological polar surface area (TPSA) is 55.8 Å². The summed E-state index contributed by atoms with van der Waals surface area (Å²) in [6.45, 7) is 6.64. The molecule has 2 aliphatic rings. The number of hydrogen-bond donors (Lipinski definition) is 2. The quantitative estimate of drug-likeness (QED) is 0.815. The van der Waals surface area contributed by atoms with Crippen molar-refractivity contribution in [3.8, 4) is 0 Å². The van der Waals surface area contributed by atoms with Crippen molar-refractivity contribution in [2.75, 3.05) is 39.8 Å². The highest BCUT2D eigenvalue weighted by Crippen LogP contribution is 2.26. The summed E-state index contributed by atoms with van der Waals surface area (Å²) in [6.07, 6.45) is 6.65. The van der Waals surface area contributed by atoms with Crippen LogP contribution in [0.5, 0.6) is 0 Å². The second-order valence-electron chi connectivity index (χ2n) is 7.22. The summed E-state index contributed by atoms with van der Waals surface area (Å²) < 4.78 is 0. The van der Waals surface area contributed by atoms with Gasteiger partial charge in [0.1, 0.15) is 0 Å². The number of aliphatic hydroxyl groups is 1. The van der Waals surface area contributed by atoms with Crippen molar-refractivity contribution < 1.29 is 9.90 Å². The zero-order chi connectivity index (χ0) is 15.9. The highest BCUT2D eigenvalue weighted by Gasteiger charge is 2.26. The molecule has 1 heterocycles. The van der Waals surface area contributed by atoms with Gasteiger partial charge in [-0.3, -0.25) is 0 Å². The van der Waals surface area contributed by atoms with Gasteiger partial charge in [-0.25, -0.2) is 4.79 Å². The Balaban J connectivity index is 1.62. The van der Waals surface area contributed by atoms with E-state index in [2.05, 4.69) is 17.1 Å². The summed E-state index contributed by atoms with van der Waals surface area (Å²) in [5.74, 6) is 1.29. The van der Waals surface area contributed by atoms with Crippen LogP contribution in [0.1, 0.15) is 45.4 Å². The number of likely N-dealkylation sites (tertiary alicyclic amines) is 1. The largest absolute Gasteiger partial charge is 0.396 e. The second-order valence-corrected chi connectivity index (χ2v) is 7.22. The lowest BCUT2D eigenvalue weighted by molar-refractivity contribution is 0.132. The number of amides is 2. The van der Waals surface area contributed by atoms with Crippen LogP contribution in [0.15, 0.2) is 0 Å². The summed E-state index contributed by atoms with van der Waals surface area (Å²) in [5.41, 5.74) is 0. The number of piperidine rings is 1. The van der Waals surface area contributed by atoms with Crippen LogP contribution in [0.3, 0.4) is 0 Å². The van der Waals surface area contributed by atoms with Gasteiger partial charge in [0.05, 0.1) is 0 Å². The van der Waals surface area contributed by atoms with Crippen molar-refractivity contribution in [1.82, 2.24) is 15.1 Å². The lowest BCUT2D eigenvalue weighted by Gasteiger charge is -2.34. The number of nitrogens with one attached hydrogen (secondary N) is 1. The molecule has 0 bridgehead atoms. The fourth-order valence-corrected chi connectivity index (χ4v) is 3.61. The van der Waals surface area contributed by atoms with Gasteiger partial charge in [0.25, 0.3) is 0 Å². The van der Waals surface area contributed by atoms with Crippen molar-refractivity contribution in [2.24, 2.45) is 11.8 Å². The van der Waals surface area contributed by atoms with Crippen molar-refractivity contribution in [1.29, 1.82) is 0 Å². The van der Waals surface area contributed by atoms with E-state index in [-0.39, 0.29) is 12.6 Å². The fraction of sp³-hybridized carbons (Fsp3) is 0.941. The van der Waals surface area contributed by atoms with Crippen LogP contribution >= 0.6 is 0 Å². The Morgan fingerprint density at radius 2 is 1.82 bits per heavy atom. The molecule has 5 nitrogen and oxygen atoms in total. The van der Waals surface area contributed by atoms with E-state index in [0.717, 1.165) is 57.8 Å². The number of nitrogens with zero attached hydrogens (tertiary/aromatic N) is 2. The third kappa shape index (κ3) is 5.13. The molecule has 1 aliphatic carbocycles. The van der Waals surface area contributed by atoms with E-state index in [4.69, 9.17) is 0 Å². The van der Waals surface area contributed by atoms with E-state index in [9.17, 15) is 9.90 Å². The number of rotatable bonds is 5. The number of hydrogen-bond acceptors (Lipinski definition) is 3. The predicted octanol–water partition coefficient (Wildman–Crippen LogP) is 1.91. The standard InChI is InChI=1S/C17H33N3O2/c1-14-7-10-20(11-8-14)12-9-18-17(22)19(2)16-5-3-15(13-21)4-6-16/h14-16,21H,3-13H2,1-2H3,(H,18,22). The smallest absolute Gasteiger partial charge is 0.317 e. The van der Waals surface area contributed by atoms with Crippen molar-refractivity contribution in [3.05, 3.63) is 0 Å². The van der Waals surface area contributed by atoms with Crippen molar-refractivity contribution in [3.63, 3.8) is 0 Å². The molecule has 2 amide bonds. The van der Waals surface area contributed by atoms with Gasteiger partial charge in [0.15, 0.2) is 0 Å². The van der Waals surface area contributed by atoms with E-state index < -0.39 is 0 Å². The van der Waals surface area contributed by atoms with Crippen LogP contribution in [0.25, 0.3) is 0 Å². The monoisotopic (exact) mass is 311 g/mol. The molecule has 0 aromatic rings. The van der Waals surface area contributed by atoms with Gasteiger partial charge in [-0.2, -0.15) is 0 Å². The molecule has 0 atom stereocenters. The Morgan fingerprint density at radius 1 is 1.18 bits per heavy atom. The third-order valence-corrected chi connectivity index (χ3v) is 5.52. The van der Waals surface area contributed by atoms with Gasteiger partial charge >= 0.3 is 6.03 Å². The molecule has 128 valence electrons. The molecule has 0 unspecified atom stereocenters. The highest BCUT2D eigenvalue weighted by atomic mass is 16.3. The average Bonchev–Trinajstić information content (AvgIpc) is 2.56. The van der Waals surface area contributed by atoms with Crippen LogP contribution in [0, 0.1) is 11.8 Å². The minimum absolute atomic E-state index is 0.0535. The second kappa shape index (κ2) is 8.73. The summed E-state index contributed by atoms with van der Waals surface area (Å²) in [4.78, 5) is 16.6. The lowest BCUT2D eigenvalue weighted by Crippen LogP contribution is -2.47. The number of carbonyl (C=O) groups excluding carboxylic acids is 1. The maximum absolute atomic E-state index is 12.2. The highest BCUT2D eigenvalue weighted by molar-refractivity contribution is 5.74. The van der Waals surface area contributed by atoms with Gasteiger partial charge in [-0.05, 0) is 63.5 Å². The van der Waals surface area contributed by atoms with Crippen LogP contribution in [0.2, 0.25) is 0 Å². The third-order valence-electron chi connectivity index (χ3n) is 5.52. The Labute approximate surface area is 135 Å². The van der Waals surface area contributed by atoms with E-state index in [1.54, 1.807) is 0 Å². The SMILES string of the molecule is CC1CCN(CCNC(=O)N(C)C2CCC(CO)CC2)CC1. The Bertz CT molecular complexity index is 335. The maximum atomic E-state index is 12.2. The normalized spacial score (nSPS) is 27.6. The van der Waals surface area contributed by atoms with E-state index in [0.29, 0.717) is 12.0 Å². The number of aliphatic hydroxyl groups excluding tert-OH is 1. The Morgan fingerprint density at radius 3 is 2.41 bits per heavy atom. The van der Waals surface area contributed by atoms with E-state index in [1.807, 2.05) is 11.9 Å². The number of urea groups is 1. The summed E-state index contributed by atoms with van der Waals surface area (Å²) in [7, 11) is 1.90. The Kier molecular flexibility index (Phi) is 6.96. The van der Waals surface area contributed by atoms with Crippen molar-refractivity contribution in [2.45, 2.75) is 51.5 Å². The first-order valence-electron chi connectivity index (χ1n) is 8.94. The molecule has 0 aromatic carbocycles. The molecular weight excluding hydrogens is 278 g/mol. The zero-order valence-corrected chi connectivity index (χ0v) is 14.3. The maximum Gasteiger partial charge on any atom is 0.317 e. The van der Waals surface area contributed by atoms with Gasteiger partial charge in [-0.15, -0.1) is 0 Å². The van der Waals surface area contributed by atoms with Gasteiger partial charge in [0, 0.05) is 32.8 Å². The molecule has 1 aliphatic heterocycles. The van der Waals surface area contributed by atoms with Gasteiger partial charge in [0.2, 0.25) is 0 Å². The molecule has 1 saturated heterocycles. The van der Waals surface area contributed by atoms with E-state index >= 15 is 0 Å². The lowest BCUT2D eigenvalue weighted by atomic mass is 9.86. The van der Waals surface area contributed by atoms with Crippen LogP contribution in [0.4, 0.5) is 4.79 Å². The molecule has 5 heteroatoms. The minimum Gasteiger partial charge on any atom is -0.396 e. The molecule has 2 N–H and O–H groups in total. The predicted molar refractivity (Wildman–Crippen MR) is 88.8 cm³/mol. The van der Waals surface area contributed by atoms with E-state index in [1.165, 1.54) is 12.8 Å². The first-order valence-corrected chi connectivity index (χ1v) is 8.94. The molecule has 0 spiro atoms. The summed E-state index contributed by atoms with van der Waals surface area (Å²) in [5, 5.41) is 12.2. The average molecular weight is 311 g/mol. The molecule has 2 fully saturated rings. The molecule has 22 heavy (non-hydrogen) atoms. The van der Waals surface area contributed by atoms with Crippen molar-refractivity contribution >= 4 is 6.03 Å². The van der Waals surface area contributed by atoms with Crippen LogP contribution in [-0.2, 0) is 0 Å². The van der Waals surface area contributed by atoms with Crippen LogP contribution < -0.4 is 5.32 Å². The zero-order valence-electron chi connectivity index (χ0n) is 14.3. The molecular formula is C17H33N3O2. The van der Waals surface area contributed by atoms with Gasteiger partial charge < -0.3 is 20.2 Å². The molecule has 2 rings (SSSR count). The molecule has 1 saturated carbocycles. The molecule has 0 radical (unpaired) electrons. The van der Waals surface area contributed by atoms with Crippen LogP contribution in [-0.4, -0.2) is 66.8 Å². The first-order chi connectivity index (χ1) is 10.6. The number of carbonyl (C=O) groups is 1. The summed E-state index contributed by atoms with van der Waals surface area (Å²) in [6, 6.07) is 0.386. The first kappa shape index (κ1) is 17.5. The fourth-order valence-electron chi connectivity index (χ4n) is 3.61. The van der Waals surface area contributed by atoms with Gasteiger partial charge in [-0.1, -0.05) is 6.92 Å². The minimum atomic E-state index is 0.0535. The Hall–Kier alpha value is -0.810. The summed E-state index contributed by atoms with van der Waals surface area (Å²) >= 11 is 0.